The summed E-state index contributed by atoms with van der Waals surface area (Å²) in [7, 11) is 0. The monoisotopic (exact) mass is 214 g/mol. The second-order valence-electron chi connectivity index (χ2n) is 4.34. The van der Waals surface area contributed by atoms with Crippen LogP contribution in [-0.2, 0) is 9.53 Å². The van der Waals surface area contributed by atoms with Crippen LogP contribution < -0.4 is 11.3 Å². The summed E-state index contributed by atoms with van der Waals surface area (Å²) in [5.41, 5.74) is 2.22. The lowest BCUT2D eigenvalue weighted by molar-refractivity contribution is -0.127. The van der Waals surface area contributed by atoms with E-state index in [2.05, 4.69) is 19.3 Å². The Balaban J connectivity index is 2.26. The summed E-state index contributed by atoms with van der Waals surface area (Å²) in [6.45, 7) is 4.22. The van der Waals surface area contributed by atoms with Crippen molar-refractivity contribution in [3.8, 4) is 0 Å². The third kappa shape index (κ3) is 3.80. The number of carbonyl (C=O) groups excluding carboxylic acids is 1. The Bertz CT molecular complexity index is 201. The van der Waals surface area contributed by atoms with Crippen LogP contribution in [0, 0.1) is 5.92 Å². The topological polar surface area (TPSA) is 64.3 Å². The van der Waals surface area contributed by atoms with E-state index in [1.165, 1.54) is 0 Å². The summed E-state index contributed by atoms with van der Waals surface area (Å²) in [5.74, 6) is 5.17. The van der Waals surface area contributed by atoms with E-state index in [-0.39, 0.29) is 11.8 Å². The quantitative estimate of drug-likeness (QED) is 0.422. The summed E-state index contributed by atoms with van der Waals surface area (Å²) in [4.78, 5) is 11.3. The molecule has 4 heteroatoms. The van der Waals surface area contributed by atoms with Crippen LogP contribution >= 0.6 is 0 Å². The standard InChI is InChI=1S/C11H22N2O2/c1-3-8(2)15-10-6-4-9(5-7-10)11(14)13-12/h8-10H,3-7,12H2,1-2H3,(H,13,14). The van der Waals surface area contributed by atoms with Gasteiger partial charge in [0.25, 0.3) is 0 Å². The highest BCUT2D eigenvalue weighted by Gasteiger charge is 2.26. The molecule has 0 aliphatic heterocycles. The Labute approximate surface area is 91.5 Å². The van der Waals surface area contributed by atoms with E-state index in [9.17, 15) is 4.79 Å². The normalized spacial score (nSPS) is 28.5. The van der Waals surface area contributed by atoms with Gasteiger partial charge in [0.2, 0.25) is 5.91 Å². The summed E-state index contributed by atoms with van der Waals surface area (Å²) < 4.78 is 5.84. The Morgan fingerprint density at radius 1 is 1.47 bits per heavy atom. The van der Waals surface area contributed by atoms with E-state index in [1.54, 1.807) is 0 Å². The fraction of sp³-hybridized carbons (Fsp3) is 0.909. The number of nitrogens with two attached hydrogens (primary N) is 1. The highest BCUT2D eigenvalue weighted by molar-refractivity contribution is 5.77. The summed E-state index contributed by atoms with van der Waals surface area (Å²) in [6, 6.07) is 0. The highest BCUT2D eigenvalue weighted by atomic mass is 16.5. The molecule has 15 heavy (non-hydrogen) atoms. The van der Waals surface area contributed by atoms with E-state index in [4.69, 9.17) is 10.6 Å². The zero-order valence-electron chi connectivity index (χ0n) is 9.66. The molecule has 1 amide bonds. The maximum atomic E-state index is 11.3. The molecule has 1 atom stereocenters. The minimum Gasteiger partial charge on any atom is -0.375 e. The molecule has 0 aromatic rings. The number of hydrazine groups is 1. The smallest absolute Gasteiger partial charge is 0.236 e. The molecule has 3 N–H and O–H groups in total. The summed E-state index contributed by atoms with van der Waals surface area (Å²) in [6.07, 6.45) is 5.44. The number of hydrogen-bond donors (Lipinski definition) is 2. The van der Waals surface area contributed by atoms with Crippen molar-refractivity contribution in [1.29, 1.82) is 0 Å². The van der Waals surface area contributed by atoms with Gasteiger partial charge in [-0.3, -0.25) is 10.2 Å². The lowest BCUT2D eigenvalue weighted by Crippen LogP contribution is -2.38. The molecule has 88 valence electrons. The van der Waals surface area contributed by atoms with Crippen LogP contribution in [0.2, 0.25) is 0 Å². The minimum absolute atomic E-state index is 0.0306. The highest BCUT2D eigenvalue weighted by Crippen LogP contribution is 2.27. The zero-order chi connectivity index (χ0) is 11.3. The molecule has 0 heterocycles. The minimum atomic E-state index is -0.0306. The third-order valence-electron chi connectivity index (χ3n) is 3.19. The van der Waals surface area contributed by atoms with Gasteiger partial charge in [0, 0.05) is 5.92 Å². The van der Waals surface area contributed by atoms with Crippen LogP contribution in [0.25, 0.3) is 0 Å². The van der Waals surface area contributed by atoms with Crippen molar-refractivity contribution >= 4 is 5.91 Å². The first-order valence-electron chi connectivity index (χ1n) is 5.83. The predicted octanol–water partition coefficient (Wildman–Crippen LogP) is 1.35. The van der Waals surface area contributed by atoms with E-state index >= 15 is 0 Å². The van der Waals surface area contributed by atoms with Crippen LogP contribution in [0.15, 0.2) is 0 Å². The fourth-order valence-corrected chi connectivity index (χ4v) is 2.00. The average Bonchev–Trinajstić information content (AvgIpc) is 2.29. The predicted molar refractivity (Wildman–Crippen MR) is 58.9 cm³/mol. The van der Waals surface area contributed by atoms with Gasteiger partial charge in [-0.15, -0.1) is 0 Å². The lowest BCUT2D eigenvalue weighted by Gasteiger charge is -2.29. The zero-order valence-corrected chi connectivity index (χ0v) is 9.66. The molecule has 4 nitrogen and oxygen atoms in total. The first-order valence-corrected chi connectivity index (χ1v) is 5.83. The van der Waals surface area contributed by atoms with Crippen molar-refractivity contribution in [2.24, 2.45) is 11.8 Å². The van der Waals surface area contributed by atoms with Crippen LogP contribution in [0.3, 0.4) is 0 Å². The maximum Gasteiger partial charge on any atom is 0.236 e. The van der Waals surface area contributed by atoms with Crippen molar-refractivity contribution in [1.82, 2.24) is 5.43 Å². The summed E-state index contributed by atoms with van der Waals surface area (Å²) in [5, 5.41) is 0. The molecule has 0 saturated heterocycles. The fourth-order valence-electron chi connectivity index (χ4n) is 2.00. The number of nitrogens with one attached hydrogen (secondary N) is 1. The Morgan fingerprint density at radius 2 is 2.07 bits per heavy atom. The molecule has 0 aromatic carbocycles. The third-order valence-corrected chi connectivity index (χ3v) is 3.19. The first-order chi connectivity index (χ1) is 7.17. The van der Waals surface area contributed by atoms with Crippen molar-refractivity contribution in [2.45, 2.75) is 58.2 Å². The number of carbonyl (C=O) groups is 1. The molecule has 1 aliphatic rings. The van der Waals surface area contributed by atoms with Gasteiger partial charge in [-0.2, -0.15) is 0 Å². The van der Waals surface area contributed by atoms with Gasteiger partial charge in [0.15, 0.2) is 0 Å². The molecule has 0 aromatic heterocycles. The van der Waals surface area contributed by atoms with Gasteiger partial charge in [-0.25, -0.2) is 5.84 Å². The SMILES string of the molecule is CCC(C)OC1CCC(C(=O)NN)CC1. The van der Waals surface area contributed by atoms with Crippen molar-refractivity contribution in [2.75, 3.05) is 0 Å². The van der Waals surface area contributed by atoms with Gasteiger partial charge in [-0.1, -0.05) is 6.92 Å². The maximum absolute atomic E-state index is 11.3. The van der Waals surface area contributed by atoms with Gasteiger partial charge < -0.3 is 4.74 Å². The van der Waals surface area contributed by atoms with E-state index in [1.807, 2.05) is 0 Å². The molecule has 0 spiro atoms. The van der Waals surface area contributed by atoms with Crippen molar-refractivity contribution in [3.05, 3.63) is 0 Å². The molecule has 1 unspecified atom stereocenters. The van der Waals surface area contributed by atoms with Crippen molar-refractivity contribution in [3.63, 3.8) is 0 Å². The molecule has 0 bridgehead atoms. The number of ether oxygens (including phenoxy) is 1. The molecule has 1 fully saturated rings. The van der Waals surface area contributed by atoms with E-state index in [0.29, 0.717) is 12.2 Å². The first kappa shape index (κ1) is 12.5. The molecule has 1 rings (SSSR count). The van der Waals surface area contributed by atoms with Crippen LogP contribution in [-0.4, -0.2) is 18.1 Å². The number of rotatable bonds is 4. The molecule has 1 aliphatic carbocycles. The second-order valence-corrected chi connectivity index (χ2v) is 4.34. The van der Waals surface area contributed by atoms with Crippen LogP contribution in [0.1, 0.15) is 46.0 Å². The molecular weight excluding hydrogens is 192 g/mol. The largest absolute Gasteiger partial charge is 0.375 e. The van der Waals surface area contributed by atoms with Crippen LogP contribution in [0.4, 0.5) is 0 Å². The summed E-state index contributed by atoms with van der Waals surface area (Å²) >= 11 is 0. The Morgan fingerprint density at radius 3 is 2.53 bits per heavy atom. The van der Waals surface area contributed by atoms with Gasteiger partial charge in [0.1, 0.15) is 0 Å². The van der Waals surface area contributed by atoms with Crippen molar-refractivity contribution < 1.29 is 9.53 Å². The lowest BCUT2D eigenvalue weighted by atomic mass is 9.87. The molecule has 1 saturated carbocycles. The Kier molecular flexibility index (Phi) is 5.05. The molecule has 0 radical (unpaired) electrons. The number of amides is 1. The molecular formula is C11H22N2O2. The van der Waals surface area contributed by atoms with E-state index in [0.717, 1.165) is 32.1 Å². The van der Waals surface area contributed by atoms with E-state index < -0.39 is 0 Å². The Hall–Kier alpha value is -0.610. The van der Waals surface area contributed by atoms with Gasteiger partial charge in [0.05, 0.1) is 12.2 Å². The number of hydrogen-bond acceptors (Lipinski definition) is 3. The van der Waals surface area contributed by atoms with Gasteiger partial charge >= 0.3 is 0 Å². The van der Waals surface area contributed by atoms with Gasteiger partial charge in [-0.05, 0) is 39.0 Å². The van der Waals surface area contributed by atoms with Crippen LogP contribution in [0.5, 0.6) is 0 Å². The second kappa shape index (κ2) is 6.08. The average molecular weight is 214 g/mol.